The third-order valence-corrected chi connectivity index (χ3v) is 2.86. The van der Waals surface area contributed by atoms with Crippen LogP contribution in [0.2, 0.25) is 5.15 Å². The van der Waals surface area contributed by atoms with E-state index in [0.717, 1.165) is 5.69 Å². The Morgan fingerprint density at radius 1 is 1.42 bits per heavy atom. The van der Waals surface area contributed by atoms with Crippen molar-refractivity contribution in [3.63, 3.8) is 0 Å². The van der Waals surface area contributed by atoms with Gasteiger partial charge in [-0.25, -0.2) is 4.98 Å². The van der Waals surface area contributed by atoms with Gasteiger partial charge in [-0.15, -0.1) is 0 Å². The number of hydrogen-bond acceptors (Lipinski definition) is 3. The molecule has 0 bridgehead atoms. The predicted molar refractivity (Wildman–Crippen MR) is 74.0 cm³/mol. The SMILES string of the molecule is CCc1cc(C(=O)N(CC(N)=O)C(C)C)cc(Cl)n1. The molecular formula is C13H18ClN3O2. The molecule has 0 aromatic carbocycles. The summed E-state index contributed by atoms with van der Waals surface area (Å²) in [6, 6.07) is 3.06. The van der Waals surface area contributed by atoms with Crippen molar-refractivity contribution in [1.82, 2.24) is 9.88 Å². The van der Waals surface area contributed by atoms with Crippen molar-refractivity contribution in [1.29, 1.82) is 0 Å². The number of primary amides is 1. The van der Waals surface area contributed by atoms with Crippen LogP contribution in [0.5, 0.6) is 0 Å². The maximum atomic E-state index is 12.4. The normalized spacial score (nSPS) is 10.6. The van der Waals surface area contributed by atoms with Crippen LogP contribution >= 0.6 is 11.6 Å². The molecule has 0 unspecified atom stereocenters. The van der Waals surface area contributed by atoms with Crippen molar-refractivity contribution in [2.45, 2.75) is 33.2 Å². The van der Waals surface area contributed by atoms with Gasteiger partial charge in [0.15, 0.2) is 0 Å². The lowest BCUT2D eigenvalue weighted by molar-refractivity contribution is -0.119. The first-order valence-corrected chi connectivity index (χ1v) is 6.48. The molecule has 1 aromatic rings. The molecule has 5 nitrogen and oxygen atoms in total. The van der Waals surface area contributed by atoms with Crippen LogP contribution in [0, 0.1) is 0 Å². The quantitative estimate of drug-likeness (QED) is 0.835. The molecule has 0 aliphatic rings. The van der Waals surface area contributed by atoms with E-state index in [1.807, 2.05) is 20.8 Å². The zero-order valence-corrected chi connectivity index (χ0v) is 12.1. The maximum Gasteiger partial charge on any atom is 0.254 e. The first-order chi connectivity index (χ1) is 8.85. The van der Waals surface area contributed by atoms with Crippen LogP contribution in [-0.4, -0.2) is 34.3 Å². The smallest absolute Gasteiger partial charge is 0.254 e. The molecule has 104 valence electrons. The van der Waals surface area contributed by atoms with Crippen LogP contribution in [0.1, 0.15) is 36.8 Å². The molecule has 0 fully saturated rings. The van der Waals surface area contributed by atoms with Crippen molar-refractivity contribution >= 4 is 23.4 Å². The molecule has 0 spiro atoms. The van der Waals surface area contributed by atoms with Crippen molar-refractivity contribution < 1.29 is 9.59 Å². The van der Waals surface area contributed by atoms with Gasteiger partial charge in [0, 0.05) is 17.3 Å². The fourth-order valence-corrected chi connectivity index (χ4v) is 1.90. The lowest BCUT2D eigenvalue weighted by Gasteiger charge is -2.25. The zero-order chi connectivity index (χ0) is 14.6. The monoisotopic (exact) mass is 283 g/mol. The van der Waals surface area contributed by atoms with Gasteiger partial charge >= 0.3 is 0 Å². The number of carbonyl (C=O) groups excluding carboxylic acids is 2. The lowest BCUT2D eigenvalue weighted by Crippen LogP contribution is -2.42. The Morgan fingerprint density at radius 3 is 2.53 bits per heavy atom. The maximum absolute atomic E-state index is 12.4. The Labute approximate surface area is 117 Å². The van der Waals surface area contributed by atoms with Crippen LogP contribution in [-0.2, 0) is 11.2 Å². The molecular weight excluding hydrogens is 266 g/mol. The number of rotatable bonds is 5. The Hall–Kier alpha value is -1.62. The van der Waals surface area contributed by atoms with Gasteiger partial charge < -0.3 is 10.6 Å². The van der Waals surface area contributed by atoms with E-state index in [-0.39, 0.29) is 23.6 Å². The summed E-state index contributed by atoms with van der Waals surface area (Å²) in [5.41, 5.74) is 6.32. The molecule has 0 radical (unpaired) electrons. The van der Waals surface area contributed by atoms with Crippen LogP contribution in [0.25, 0.3) is 0 Å². The molecule has 0 saturated carbocycles. The van der Waals surface area contributed by atoms with E-state index in [2.05, 4.69) is 4.98 Å². The van der Waals surface area contributed by atoms with E-state index in [1.165, 1.54) is 11.0 Å². The molecule has 6 heteroatoms. The highest BCUT2D eigenvalue weighted by atomic mass is 35.5. The first-order valence-electron chi connectivity index (χ1n) is 6.10. The number of amides is 2. The minimum Gasteiger partial charge on any atom is -0.368 e. The molecule has 2 N–H and O–H groups in total. The van der Waals surface area contributed by atoms with E-state index >= 15 is 0 Å². The summed E-state index contributed by atoms with van der Waals surface area (Å²) in [4.78, 5) is 28.9. The van der Waals surface area contributed by atoms with Gasteiger partial charge in [-0.3, -0.25) is 9.59 Å². The summed E-state index contributed by atoms with van der Waals surface area (Å²) < 4.78 is 0. The Bertz CT molecular complexity index is 489. The van der Waals surface area contributed by atoms with Gasteiger partial charge in [0.05, 0.1) is 6.54 Å². The van der Waals surface area contributed by atoms with Crippen LogP contribution in [0.15, 0.2) is 12.1 Å². The summed E-state index contributed by atoms with van der Waals surface area (Å²) in [5, 5.41) is 0.269. The van der Waals surface area contributed by atoms with Gasteiger partial charge in [-0.2, -0.15) is 0 Å². The minimum absolute atomic E-state index is 0.113. The molecule has 0 aliphatic heterocycles. The lowest BCUT2D eigenvalue weighted by atomic mass is 10.1. The van der Waals surface area contributed by atoms with E-state index in [4.69, 9.17) is 17.3 Å². The van der Waals surface area contributed by atoms with Gasteiger partial charge in [-0.05, 0) is 32.4 Å². The van der Waals surface area contributed by atoms with Crippen molar-refractivity contribution in [3.05, 3.63) is 28.5 Å². The number of hydrogen-bond donors (Lipinski definition) is 1. The second kappa shape index (κ2) is 6.52. The number of aryl methyl sites for hydroxylation is 1. The van der Waals surface area contributed by atoms with Crippen LogP contribution in [0.4, 0.5) is 0 Å². The third-order valence-electron chi connectivity index (χ3n) is 2.67. The summed E-state index contributed by atoms with van der Waals surface area (Å²) in [7, 11) is 0. The van der Waals surface area contributed by atoms with E-state index in [9.17, 15) is 9.59 Å². The van der Waals surface area contributed by atoms with Gasteiger partial charge in [0.25, 0.3) is 5.91 Å². The van der Waals surface area contributed by atoms with E-state index in [1.54, 1.807) is 6.07 Å². The minimum atomic E-state index is -0.544. The predicted octanol–water partition coefficient (Wildman–Crippen LogP) is 1.63. The topological polar surface area (TPSA) is 76.3 Å². The average molecular weight is 284 g/mol. The van der Waals surface area contributed by atoms with E-state index in [0.29, 0.717) is 12.0 Å². The molecule has 0 saturated heterocycles. The highest BCUT2D eigenvalue weighted by Gasteiger charge is 2.21. The average Bonchev–Trinajstić information content (AvgIpc) is 2.33. The van der Waals surface area contributed by atoms with Crippen molar-refractivity contribution in [2.24, 2.45) is 5.73 Å². The number of nitrogens with zero attached hydrogens (tertiary/aromatic N) is 2. The Balaban J connectivity index is 3.08. The molecule has 1 rings (SSSR count). The summed E-state index contributed by atoms with van der Waals surface area (Å²) in [6.07, 6.45) is 0.679. The molecule has 2 amide bonds. The molecule has 0 atom stereocenters. The highest BCUT2D eigenvalue weighted by molar-refractivity contribution is 6.29. The number of nitrogens with two attached hydrogens (primary N) is 1. The zero-order valence-electron chi connectivity index (χ0n) is 11.3. The van der Waals surface area contributed by atoms with Crippen LogP contribution < -0.4 is 5.73 Å². The fraction of sp³-hybridized carbons (Fsp3) is 0.462. The van der Waals surface area contributed by atoms with Gasteiger partial charge in [0.2, 0.25) is 5.91 Å². The summed E-state index contributed by atoms with van der Waals surface area (Å²) in [6.45, 7) is 5.46. The first kappa shape index (κ1) is 15.4. The summed E-state index contributed by atoms with van der Waals surface area (Å²) >= 11 is 5.89. The highest BCUT2D eigenvalue weighted by Crippen LogP contribution is 2.15. The molecule has 0 aliphatic carbocycles. The Kier molecular flexibility index (Phi) is 5.30. The summed E-state index contributed by atoms with van der Waals surface area (Å²) in [5.74, 6) is -0.814. The largest absolute Gasteiger partial charge is 0.368 e. The van der Waals surface area contributed by atoms with Crippen molar-refractivity contribution in [3.8, 4) is 0 Å². The number of aromatic nitrogens is 1. The third kappa shape index (κ3) is 4.21. The number of pyridine rings is 1. The second-order valence-corrected chi connectivity index (χ2v) is 4.90. The number of halogens is 1. The van der Waals surface area contributed by atoms with Crippen LogP contribution in [0.3, 0.4) is 0 Å². The Morgan fingerprint density at radius 2 is 2.05 bits per heavy atom. The molecule has 1 aromatic heterocycles. The van der Waals surface area contributed by atoms with Crippen molar-refractivity contribution in [2.75, 3.05) is 6.54 Å². The van der Waals surface area contributed by atoms with E-state index < -0.39 is 5.91 Å². The molecule has 19 heavy (non-hydrogen) atoms. The number of carbonyl (C=O) groups is 2. The second-order valence-electron chi connectivity index (χ2n) is 4.52. The van der Waals surface area contributed by atoms with Gasteiger partial charge in [0.1, 0.15) is 5.15 Å². The van der Waals surface area contributed by atoms with Gasteiger partial charge in [-0.1, -0.05) is 18.5 Å². The fourth-order valence-electron chi connectivity index (χ4n) is 1.68. The standard InChI is InChI=1S/C13H18ClN3O2/c1-4-10-5-9(6-11(14)16-10)13(19)17(8(2)3)7-12(15)18/h5-6,8H,4,7H2,1-3H3,(H2,15,18). The molecule has 1 heterocycles.